The van der Waals surface area contributed by atoms with Crippen LogP contribution < -0.4 is 5.32 Å². The predicted molar refractivity (Wildman–Crippen MR) is 84.7 cm³/mol. The summed E-state index contributed by atoms with van der Waals surface area (Å²) in [5.74, 6) is 0. The van der Waals surface area contributed by atoms with E-state index >= 15 is 0 Å². The molecular weight excluding hydrogens is 288 g/mol. The lowest BCUT2D eigenvalue weighted by Gasteiger charge is -2.18. The van der Waals surface area contributed by atoms with Gasteiger partial charge in [-0.05, 0) is 38.1 Å². The van der Waals surface area contributed by atoms with E-state index in [1.54, 1.807) is 19.2 Å². The van der Waals surface area contributed by atoms with Crippen molar-refractivity contribution in [3.8, 4) is 0 Å². The summed E-state index contributed by atoms with van der Waals surface area (Å²) in [6.07, 6.45) is 0.103. The summed E-state index contributed by atoms with van der Waals surface area (Å²) in [5.41, 5.74) is 1.07. The van der Waals surface area contributed by atoms with Crippen LogP contribution in [-0.4, -0.2) is 45.6 Å². The Hall–Kier alpha value is -0.950. The number of hydrogen-bond donors (Lipinski definition) is 1. The highest BCUT2D eigenvalue weighted by atomic mass is 32.2. The molecule has 0 aliphatic heterocycles. The molecule has 0 saturated carbocycles. The van der Waals surface area contributed by atoms with Gasteiger partial charge in [-0.3, -0.25) is 0 Å². The lowest BCUT2D eigenvalue weighted by atomic mass is 10.2. The third-order valence-corrected chi connectivity index (χ3v) is 4.94. The molecule has 6 heteroatoms. The molecule has 0 radical (unpaired) electrons. The Morgan fingerprint density at radius 1 is 1.24 bits per heavy atom. The summed E-state index contributed by atoms with van der Waals surface area (Å²) in [5, 5.41) is 3.21. The fourth-order valence-corrected chi connectivity index (χ4v) is 2.92. The molecule has 120 valence electrons. The second-order valence-corrected chi connectivity index (χ2v) is 7.22. The molecule has 0 heterocycles. The van der Waals surface area contributed by atoms with Crippen LogP contribution in [0, 0.1) is 0 Å². The van der Waals surface area contributed by atoms with E-state index in [9.17, 15) is 8.42 Å². The molecule has 0 aliphatic rings. The van der Waals surface area contributed by atoms with Crippen molar-refractivity contribution in [3.05, 3.63) is 29.8 Å². The fraction of sp³-hybridized carbons (Fsp3) is 0.600. The Morgan fingerprint density at radius 2 is 1.86 bits per heavy atom. The van der Waals surface area contributed by atoms with E-state index in [0.29, 0.717) is 18.0 Å². The molecule has 0 aliphatic carbocycles. The van der Waals surface area contributed by atoms with Crippen molar-refractivity contribution in [1.29, 1.82) is 0 Å². The molecule has 5 nitrogen and oxygen atoms in total. The van der Waals surface area contributed by atoms with Gasteiger partial charge in [-0.25, -0.2) is 8.42 Å². The molecule has 1 N–H and O–H groups in total. The average Bonchev–Trinajstić information content (AvgIpc) is 2.45. The van der Waals surface area contributed by atoms with Crippen molar-refractivity contribution in [2.24, 2.45) is 0 Å². The van der Waals surface area contributed by atoms with Gasteiger partial charge in [-0.15, -0.1) is 0 Å². The Balaban J connectivity index is 2.68. The minimum atomic E-state index is -3.44. The number of rotatable bonds is 9. The highest BCUT2D eigenvalue weighted by Gasteiger charge is 2.20. The highest BCUT2D eigenvalue weighted by molar-refractivity contribution is 7.89. The molecule has 0 amide bonds. The van der Waals surface area contributed by atoms with Gasteiger partial charge in [0.25, 0.3) is 0 Å². The quantitative estimate of drug-likeness (QED) is 0.755. The number of ether oxygens (including phenoxy) is 1. The zero-order valence-electron chi connectivity index (χ0n) is 13.3. The molecule has 1 aromatic rings. The van der Waals surface area contributed by atoms with E-state index in [1.807, 2.05) is 32.9 Å². The SMILES string of the molecule is CCNCc1ccc(S(=O)(=O)N(C)CCOC(C)C)cc1. The summed E-state index contributed by atoms with van der Waals surface area (Å²) in [6.45, 7) is 8.27. The molecule has 0 aromatic heterocycles. The van der Waals surface area contributed by atoms with Crippen molar-refractivity contribution in [3.63, 3.8) is 0 Å². The number of nitrogens with zero attached hydrogens (tertiary/aromatic N) is 1. The van der Waals surface area contributed by atoms with E-state index in [-0.39, 0.29) is 6.10 Å². The molecule has 0 fully saturated rings. The van der Waals surface area contributed by atoms with Crippen LogP contribution in [0.3, 0.4) is 0 Å². The highest BCUT2D eigenvalue weighted by Crippen LogP contribution is 2.15. The average molecular weight is 314 g/mol. The standard InChI is InChI=1S/C15H26N2O3S/c1-5-16-12-14-6-8-15(9-7-14)21(18,19)17(4)10-11-20-13(2)3/h6-9,13,16H,5,10-12H2,1-4H3. The van der Waals surface area contributed by atoms with E-state index in [0.717, 1.165) is 18.7 Å². The maximum Gasteiger partial charge on any atom is 0.242 e. The predicted octanol–water partition coefficient (Wildman–Crippen LogP) is 1.84. The lowest BCUT2D eigenvalue weighted by molar-refractivity contribution is 0.0737. The van der Waals surface area contributed by atoms with E-state index in [4.69, 9.17) is 4.74 Å². The molecule has 0 bridgehead atoms. The van der Waals surface area contributed by atoms with Crippen LogP contribution >= 0.6 is 0 Å². The summed E-state index contributed by atoms with van der Waals surface area (Å²) in [4.78, 5) is 0.315. The van der Waals surface area contributed by atoms with Crippen molar-refractivity contribution in [1.82, 2.24) is 9.62 Å². The first-order chi connectivity index (χ1) is 9.87. The maximum absolute atomic E-state index is 12.4. The zero-order valence-corrected chi connectivity index (χ0v) is 14.1. The van der Waals surface area contributed by atoms with Gasteiger partial charge in [-0.2, -0.15) is 4.31 Å². The van der Waals surface area contributed by atoms with Crippen molar-refractivity contribution < 1.29 is 13.2 Å². The number of sulfonamides is 1. The number of nitrogens with one attached hydrogen (secondary N) is 1. The van der Waals surface area contributed by atoms with Gasteiger partial charge in [-0.1, -0.05) is 19.1 Å². The topological polar surface area (TPSA) is 58.6 Å². The fourth-order valence-electron chi connectivity index (χ4n) is 1.77. The van der Waals surface area contributed by atoms with Crippen LogP contribution in [0.15, 0.2) is 29.2 Å². The molecule has 0 spiro atoms. The Labute approximate surface area is 128 Å². The van der Waals surface area contributed by atoms with E-state index in [1.165, 1.54) is 4.31 Å². The second-order valence-electron chi connectivity index (χ2n) is 5.17. The first-order valence-electron chi connectivity index (χ1n) is 7.25. The van der Waals surface area contributed by atoms with E-state index in [2.05, 4.69) is 5.32 Å². The minimum Gasteiger partial charge on any atom is -0.377 e. The van der Waals surface area contributed by atoms with Crippen molar-refractivity contribution >= 4 is 10.0 Å². The van der Waals surface area contributed by atoms with Gasteiger partial charge in [0, 0.05) is 20.1 Å². The van der Waals surface area contributed by atoms with Crippen LogP contribution in [0.5, 0.6) is 0 Å². The van der Waals surface area contributed by atoms with Crippen LogP contribution in [0.1, 0.15) is 26.3 Å². The first-order valence-corrected chi connectivity index (χ1v) is 8.69. The van der Waals surface area contributed by atoms with Gasteiger partial charge in [0.05, 0.1) is 17.6 Å². The van der Waals surface area contributed by atoms with Crippen molar-refractivity contribution in [2.45, 2.75) is 38.3 Å². The van der Waals surface area contributed by atoms with Crippen LogP contribution in [0.4, 0.5) is 0 Å². The van der Waals surface area contributed by atoms with Crippen molar-refractivity contribution in [2.75, 3.05) is 26.7 Å². The molecule has 0 saturated heterocycles. The summed E-state index contributed by atoms with van der Waals surface area (Å²) < 4.78 is 31.5. The monoisotopic (exact) mass is 314 g/mol. The Morgan fingerprint density at radius 3 is 2.38 bits per heavy atom. The van der Waals surface area contributed by atoms with Gasteiger partial charge in [0.2, 0.25) is 10.0 Å². The molecule has 21 heavy (non-hydrogen) atoms. The first kappa shape index (κ1) is 18.1. The summed E-state index contributed by atoms with van der Waals surface area (Å²) in [7, 11) is -1.87. The van der Waals surface area contributed by atoms with E-state index < -0.39 is 10.0 Å². The van der Waals surface area contributed by atoms with Crippen LogP contribution in [0.25, 0.3) is 0 Å². The molecule has 0 unspecified atom stereocenters. The normalized spacial score (nSPS) is 12.3. The smallest absolute Gasteiger partial charge is 0.242 e. The third kappa shape index (κ3) is 5.74. The molecule has 1 rings (SSSR count). The third-order valence-electron chi connectivity index (χ3n) is 3.07. The van der Waals surface area contributed by atoms with Gasteiger partial charge < -0.3 is 10.1 Å². The minimum absolute atomic E-state index is 0.103. The number of likely N-dealkylation sites (N-methyl/N-ethyl adjacent to an activating group) is 1. The maximum atomic E-state index is 12.4. The van der Waals surface area contributed by atoms with Gasteiger partial charge >= 0.3 is 0 Å². The van der Waals surface area contributed by atoms with Gasteiger partial charge in [0.1, 0.15) is 0 Å². The van der Waals surface area contributed by atoms with Crippen LogP contribution in [-0.2, 0) is 21.3 Å². The van der Waals surface area contributed by atoms with Gasteiger partial charge in [0.15, 0.2) is 0 Å². The zero-order chi connectivity index (χ0) is 15.9. The second kappa shape index (κ2) is 8.48. The molecule has 1 aromatic carbocycles. The Bertz CT molecular complexity index is 512. The number of benzene rings is 1. The number of hydrogen-bond acceptors (Lipinski definition) is 4. The molecule has 0 atom stereocenters. The summed E-state index contributed by atoms with van der Waals surface area (Å²) >= 11 is 0. The lowest BCUT2D eigenvalue weighted by Crippen LogP contribution is -2.30. The summed E-state index contributed by atoms with van der Waals surface area (Å²) in [6, 6.07) is 6.99. The Kier molecular flexibility index (Phi) is 7.31. The molecular formula is C15H26N2O3S. The van der Waals surface area contributed by atoms with Crippen LogP contribution in [0.2, 0.25) is 0 Å². The largest absolute Gasteiger partial charge is 0.377 e.